The Kier molecular flexibility index (Phi) is 8.46. The summed E-state index contributed by atoms with van der Waals surface area (Å²) in [5.74, 6) is 1.96. The lowest BCUT2D eigenvalue weighted by molar-refractivity contribution is 0.349. The van der Waals surface area contributed by atoms with Crippen molar-refractivity contribution in [3.05, 3.63) is 12.2 Å². The first-order valence-electron chi connectivity index (χ1n) is 8.45. The quantitative estimate of drug-likeness (QED) is 0.501. The molecule has 2 saturated carbocycles. The topological polar surface area (TPSA) is 0 Å². The molecule has 0 radical (unpaired) electrons. The Morgan fingerprint density at radius 2 is 1.33 bits per heavy atom. The molecule has 0 nitrogen and oxygen atoms in total. The third-order valence-electron chi connectivity index (χ3n) is 4.94. The normalized spacial score (nSPS) is 22.1. The molecule has 0 aliphatic heterocycles. The summed E-state index contributed by atoms with van der Waals surface area (Å²) in [6.45, 7) is 8.63. The lowest BCUT2D eigenvalue weighted by Gasteiger charge is -2.22. The Balaban J connectivity index is 0.000000184. The summed E-state index contributed by atoms with van der Waals surface area (Å²) in [6.07, 6.45) is 17.3. The number of allylic oxidation sites excluding steroid dienone is 1. The molecule has 2 rings (SSSR count). The molecule has 18 heavy (non-hydrogen) atoms. The van der Waals surface area contributed by atoms with Crippen LogP contribution in [0.25, 0.3) is 0 Å². The molecule has 0 aromatic heterocycles. The lowest BCUT2D eigenvalue weighted by atomic mass is 9.83. The van der Waals surface area contributed by atoms with Gasteiger partial charge in [-0.1, -0.05) is 83.8 Å². The van der Waals surface area contributed by atoms with Crippen LogP contribution in [0, 0.1) is 11.8 Å². The highest BCUT2D eigenvalue weighted by atomic mass is 14.2. The molecule has 0 heteroatoms. The van der Waals surface area contributed by atoms with Crippen molar-refractivity contribution in [2.45, 2.75) is 90.9 Å². The van der Waals surface area contributed by atoms with Crippen molar-refractivity contribution < 1.29 is 0 Å². The van der Waals surface area contributed by atoms with Crippen LogP contribution >= 0.6 is 0 Å². The van der Waals surface area contributed by atoms with E-state index in [1.807, 2.05) is 0 Å². The third-order valence-corrected chi connectivity index (χ3v) is 4.94. The van der Waals surface area contributed by atoms with Crippen LogP contribution in [0.5, 0.6) is 0 Å². The maximum Gasteiger partial charge on any atom is -0.0206 e. The van der Waals surface area contributed by atoms with Gasteiger partial charge in [0, 0.05) is 0 Å². The molecule has 2 fully saturated rings. The van der Waals surface area contributed by atoms with Gasteiger partial charge in [0.15, 0.2) is 0 Å². The van der Waals surface area contributed by atoms with E-state index >= 15 is 0 Å². The van der Waals surface area contributed by atoms with E-state index < -0.39 is 0 Å². The summed E-state index contributed by atoms with van der Waals surface area (Å²) < 4.78 is 0. The summed E-state index contributed by atoms with van der Waals surface area (Å²) in [7, 11) is 0. The molecule has 0 atom stereocenters. The van der Waals surface area contributed by atoms with Crippen LogP contribution in [-0.4, -0.2) is 0 Å². The number of hydrogen-bond acceptors (Lipinski definition) is 0. The van der Waals surface area contributed by atoms with Gasteiger partial charge in [-0.15, -0.1) is 0 Å². The molecule has 0 amide bonds. The second kappa shape index (κ2) is 9.64. The zero-order valence-electron chi connectivity index (χ0n) is 12.8. The van der Waals surface area contributed by atoms with Gasteiger partial charge < -0.3 is 0 Å². The van der Waals surface area contributed by atoms with Crippen molar-refractivity contribution in [2.24, 2.45) is 11.8 Å². The van der Waals surface area contributed by atoms with E-state index in [9.17, 15) is 0 Å². The molecule has 0 unspecified atom stereocenters. The molecule has 0 aromatic rings. The van der Waals surface area contributed by atoms with Gasteiger partial charge in [-0.2, -0.15) is 0 Å². The van der Waals surface area contributed by atoms with Crippen LogP contribution in [0.1, 0.15) is 90.9 Å². The third kappa shape index (κ3) is 6.07. The Morgan fingerprint density at radius 1 is 0.833 bits per heavy atom. The van der Waals surface area contributed by atoms with Crippen LogP contribution in [0.3, 0.4) is 0 Å². The first kappa shape index (κ1) is 15.8. The average molecular weight is 250 g/mol. The van der Waals surface area contributed by atoms with E-state index in [4.69, 9.17) is 0 Å². The maximum atomic E-state index is 4.10. The number of rotatable bonds is 3. The zero-order chi connectivity index (χ0) is 13.2. The van der Waals surface area contributed by atoms with Gasteiger partial charge in [-0.05, 0) is 31.1 Å². The number of hydrogen-bond donors (Lipinski definition) is 0. The van der Waals surface area contributed by atoms with Gasteiger partial charge in [0.1, 0.15) is 0 Å². The summed E-state index contributed by atoms with van der Waals surface area (Å²) >= 11 is 0. The van der Waals surface area contributed by atoms with Gasteiger partial charge in [-0.3, -0.25) is 0 Å². The SMILES string of the molecule is C=C(CC)C1CCCCC1.CCC1CCCCC1. The van der Waals surface area contributed by atoms with Crippen LogP contribution in [0.2, 0.25) is 0 Å². The van der Waals surface area contributed by atoms with Crippen LogP contribution in [0.4, 0.5) is 0 Å². The zero-order valence-corrected chi connectivity index (χ0v) is 12.8. The van der Waals surface area contributed by atoms with Crippen LogP contribution < -0.4 is 0 Å². The molecule has 0 aromatic carbocycles. The molecule has 0 saturated heterocycles. The smallest absolute Gasteiger partial charge is 0.0206 e. The summed E-state index contributed by atoms with van der Waals surface area (Å²) in [6, 6.07) is 0. The molecular formula is C18H34. The van der Waals surface area contributed by atoms with E-state index in [0.29, 0.717) is 0 Å². The average Bonchev–Trinajstić information content (AvgIpc) is 2.49. The Hall–Kier alpha value is -0.260. The maximum absolute atomic E-state index is 4.10. The van der Waals surface area contributed by atoms with Crippen molar-refractivity contribution in [2.75, 3.05) is 0 Å². The molecule has 106 valence electrons. The Bertz CT molecular complexity index is 204. The Labute approximate surface area is 115 Å². The standard InChI is InChI=1S/C10H18.C8H16/c1-3-9(2)10-7-5-4-6-8-10;1-2-8-6-4-3-5-7-8/h10H,2-8H2,1H3;8H,2-7H2,1H3. The predicted octanol–water partition coefficient (Wildman–Crippen LogP) is 6.51. The molecular weight excluding hydrogens is 216 g/mol. The minimum Gasteiger partial charge on any atom is -0.0996 e. The first-order valence-corrected chi connectivity index (χ1v) is 8.45. The van der Waals surface area contributed by atoms with Crippen molar-refractivity contribution in [1.82, 2.24) is 0 Å². The van der Waals surface area contributed by atoms with E-state index in [-0.39, 0.29) is 0 Å². The second-order valence-corrected chi connectivity index (χ2v) is 6.26. The highest BCUT2D eigenvalue weighted by Crippen LogP contribution is 2.29. The summed E-state index contributed by atoms with van der Waals surface area (Å²) in [4.78, 5) is 0. The van der Waals surface area contributed by atoms with Gasteiger partial charge in [0.2, 0.25) is 0 Å². The van der Waals surface area contributed by atoms with E-state index in [2.05, 4.69) is 20.4 Å². The molecule has 0 heterocycles. The van der Waals surface area contributed by atoms with Crippen molar-refractivity contribution in [3.8, 4) is 0 Å². The highest BCUT2D eigenvalue weighted by molar-refractivity contribution is 5.00. The first-order chi connectivity index (χ1) is 8.77. The van der Waals surface area contributed by atoms with E-state index in [1.165, 1.54) is 82.6 Å². The van der Waals surface area contributed by atoms with Crippen LogP contribution in [0.15, 0.2) is 12.2 Å². The second-order valence-electron chi connectivity index (χ2n) is 6.26. The van der Waals surface area contributed by atoms with Crippen molar-refractivity contribution in [3.63, 3.8) is 0 Å². The lowest BCUT2D eigenvalue weighted by Crippen LogP contribution is -2.07. The van der Waals surface area contributed by atoms with E-state index in [1.54, 1.807) is 0 Å². The van der Waals surface area contributed by atoms with Gasteiger partial charge in [-0.25, -0.2) is 0 Å². The molecule has 2 aliphatic carbocycles. The van der Waals surface area contributed by atoms with Gasteiger partial charge in [0.25, 0.3) is 0 Å². The van der Waals surface area contributed by atoms with Crippen molar-refractivity contribution >= 4 is 0 Å². The predicted molar refractivity (Wildman–Crippen MR) is 82.9 cm³/mol. The van der Waals surface area contributed by atoms with Gasteiger partial charge in [0.05, 0.1) is 0 Å². The largest absolute Gasteiger partial charge is 0.0996 e. The molecule has 0 bridgehead atoms. The van der Waals surface area contributed by atoms with Crippen molar-refractivity contribution in [1.29, 1.82) is 0 Å². The minimum atomic E-state index is 0.874. The minimum absolute atomic E-state index is 0.874. The fourth-order valence-corrected chi connectivity index (χ4v) is 3.39. The fourth-order valence-electron chi connectivity index (χ4n) is 3.39. The molecule has 2 aliphatic rings. The summed E-state index contributed by atoms with van der Waals surface area (Å²) in [5, 5.41) is 0. The molecule has 0 spiro atoms. The fraction of sp³-hybridized carbons (Fsp3) is 0.889. The molecule has 0 N–H and O–H groups in total. The summed E-state index contributed by atoms with van der Waals surface area (Å²) in [5.41, 5.74) is 1.49. The monoisotopic (exact) mass is 250 g/mol. The highest BCUT2D eigenvalue weighted by Gasteiger charge is 2.14. The van der Waals surface area contributed by atoms with Crippen LogP contribution in [-0.2, 0) is 0 Å². The van der Waals surface area contributed by atoms with Gasteiger partial charge >= 0.3 is 0 Å². The Morgan fingerprint density at radius 3 is 1.72 bits per heavy atom. The van der Waals surface area contributed by atoms with E-state index in [0.717, 1.165) is 11.8 Å².